The summed E-state index contributed by atoms with van der Waals surface area (Å²) in [6.45, 7) is 3.93. The zero-order valence-corrected chi connectivity index (χ0v) is 12.3. The highest BCUT2D eigenvalue weighted by atomic mass is 32.2. The molecule has 0 aliphatic heterocycles. The van der Waals surface area contributed by atoms with Gasteiger partial charge in [-0.25, -0.2) is 17.9 Å². The van der Waals surface area contributed by atoms with Gasteiger partial charge in [-0.15, -0.1) is 0 Å². The fraction of sp³-hybridized carbons (Fsp3) is 0.333. The third-order valence-electron chi connectivity index (χ3n) is 2.71. The average molecular weight is 313 g/mol. The number of aromatic nitrogens is 2. The molecule has 2 rings (SSSR count). The van der Waals surface area contributed by atoms with Crippen LogP contribution in [0.5, 0.6) is 0 Å². The maximum absolute atomic E-state index is 12.2. The van der Waals surface area contributed by atoms with Gasteiger partial charge in [-0.3, -0.25) is 0 Å². The van der Waals surface area contributed by atoms with Gasteiger partial charge in [-0.2, -0.15) is 4.98 Å². The Labute approximate surface area is 121 Å². The van der Waals surface area contributed by atoms with Gasteiger partial charge in [0.2, 0.25) is 0 Å². The lowest BCUT2D eigenvalue weighted by molar-refractivity contribution is 0.0685. The molecular formula is C12H15N3O5S. The molecule has 114 valence electrons. The van der Waals surface area contributed by atoms with Crippen LogP contribution in [0.25, 0.3) is 0 Å². The van der Waals surface area contributed by atoms with Gasteiger partial charge >= 0.3 is 12.0 Å². The molecule has 21 heavy (non-hydrogen) atoms. The fourth-order valence-electron chi connectivity index (χ4n) is 1.81. The van der Waals surface area contributed by atoms with Gasteiger partial charge in [0.05, 0.1) is 5.69 Å². The minimum Gasteiger partial charge on any atom is -0.477 e. The number of rotatable bonds is 6. The zero-order valence-electron chi connectivity index (χ0n) is 11.5. The van der Waals surface area contributed by atoms with Gasteiger partial charge in [-0.1, -0.05) is 6.92 Å². The lowest BCUT2D eigenvalue weighted by atomic mass is 10.4. The maximum Gasteiger partial charge on any atom is 0.352 e. The van der Waals surface area contributed by atoms with Gasteiger partial charge < -0.3 is 14.1 Å². The number of aryl methyl sites for hydroxylation is 2. The third kappa shape index (κ3) is 3.24. The molecule has 2 aromatic rings. The summed E-state index contributed by atoms with van der Waals surface area (Å²) in [6, 6.07) is 0.948. The summed E-state index contributed by atoms with van der Waals surface area (Å²) in [5, 5.41) is 9.10. The number of carboxylic acids is 1. The first-order chi connectivity index (χ1) is 9.83. The Kier molecular flexibility index (Phi) is 4.03. The minimum absolute atomic E-state index is 0.0826. The predicted molar refractivity (Wildman–Crippen MR) is 73.7 cm³/mol. The van der Waals surface area contributed by atoms with E-state index in [1.54, 1.807) is 6.92 Å². The number of oxazole rings is 1. The van der Waals surface area contributed by atoms with E-state index in [0.717, 1.165) is 6.07 Å². The van der Waals surface area contributed by atoms with Crippen molar-refractivity contribution in [2.45, 2.75) is 31.7 Å². The molecule has 0 saturated heterocycles. The average Bonchev–Trinajstić information content (AvgIpc) is 2.96. The second kappa shape index (κ2) is 5.60. The van der Waals surface area contributed by atoms with Crippen LogP contribution in [0.1, 0.15) is 29.5 Å². The second-order valence-electron chi connectivity index (χ2n) is 4.46. The predicted octanol–water partition coefficient (Wildman–Crippen LogP) is 1.69. The van der Waals surface area contributed by atoms with Crippen LogP contribution in [0, 0.1) is 6.92 Å². The van der Waals surface area contributed by atoms with Gasteiger partial charge in [0, 0.05) is 12.7 Å². The van der Waals surface area contributed by atoms with Crippen molar-refractivity contribution in [3.8, 4) is 0 Å². The van der Waals surface area contributed by atoms with E-state index < -0.39 is 16.0 Å². The molecule has 8 nitrogen and oxygen atoms in total. The van der Waals surface area contributed by atoms with Crippen LogP contribution in [0.4, 0.5) is 6.01 Å². The summed E-state index contributed by atoms with van der Waals surface area (Å²) >= 11 is 0. The van der Waals surface area contributed by atoms with E-state index in [1.165, 1.54) is 17.0 Å². The molecule has 0 aliphatic carbocycles. The van der Waals surface area contributed by atoms with Crippen LogP contribution in [0.2, 0.25) is 0 Å². The number of sulfonamides is 1. The molecule has 0 unspecified atom stereocenters. The SMILES string of the molecule is CCCn1cc(S(=O)(=O)Nc2nc(C)co2)cc1C(=O)O. The highest BCUT2D eigenvalue weighted by Crippen LogP contribution is 2.19. The molecule has 0 fully saturated rings. The van der Waals surface area contributed by atoms with Crippen LogP contribution in [0.3, 0.4) is 0 Å². The number of aromatic carboxylic acids is 1. The normalized spacial score (nSPS) is 11.5. The van der Waals surface area contributed by atoms with Gasteiger partial charge in [0.1, 0.15) is 16.9 Å². The summed E-state index contributed by atoms with van der Waals surface area (Å²) in [7, 11) is -3.94. The lowest BCUT2D eigenvalue weighted by Gasteiger charge is -2.03. The summed E-state index contributed by atoms with van der Waals surface area (Å²) < 4.78 is 32.9. The zero-order chi connectivity index (χ0) is 15.6. The van der Waals surface area contributed by atoms with E-state index in [-0.39, 0.29) is 16.6 Å². The topological polar surface area (TPSA) is 114 Å². The van der Waals surface area contributed by atoms with Crippen LogP contribution in [-0.2, 0) is 16.6 Å². The van der Waals surface area contributed by atoms with Crippen molar-refractivity contribution in [3.05, 3.63) is 29.9 Å². The Balaban J connectivity index is 2.35. The van der Waals surface area contributed by atoms with Gasteiger partial charge in [-0.05, 0) is 19.4 Å². The fourth-order valence-corrected chi connectivity index (χ4v) is 2.78. The van der Waals surface area contributed by atoms with Crippen LogP contribution in [0.15, 0.2) is 27.8 Å². The van der Waals surface area contributed by atoms with Crippen molar-refractivity contribution in [2.24, 2.45) is 0 Å². The summed E-state index contributed by atoms with van der Waals surface area (Å²) in [6.07, 6.45) is 3.27. The van der Waals surface area contributed by atoms with E-state index >= 15 is 0 Å². The summed E-state index contributed by atoms with van der Waals surface area (Å²) in [5.41, 5.74) is 0.447. The first-order valence-electron chi connectivity index (χ1n) is 6.22. The minimum atomic E-state index is -3.94. The lowest BCUT2D eigenvalue weighted by Crippen LogP contribution is -2.12. The highest BCUT2D eigenvalue weighted by Gasteiger charge is 2.22. The largest absolute Gasteiger partial charge is 0.477 e. The van der Waals surface area contributed by atoms with Crippen molar-refractivity contribution in [1.82, 2.24) is 9.55 Å². The van der Waals surface area contributed by atoms with Crippen molar-refractivity contribution in [3.63, 3.8) is 0 Å². The molecule has 0 aromatic carbocycles. The molecule has 0 amide bonds. The Morgan fingerprint density at radius 2 is 2.24 bits per heavy atom. The van der Waals surface area contributed by atoms with Crippen LogP contribution < -0.4 is 4.72 Å². The van der Waals surface area contributed by atoms with Crippen LogP contribution in [-0.4, -0.2) is 29.0 Å². The molecule has 2 heterocycles. The Morgan fingerprint density at radius 1 is 1.52 bits per heavy atom. The maximum atomic E-state index is 12.2. The number of nitrogens with one attached hydrogen (secondary N) is 1. The Morgan fingerprint density at radius 3 is 2.76 bits per heavy atom. The molecule has 2 N–H and O–H groups in total. The standard InChI is InChI=1S/C12H15N3O5S/c1-3-4-15-6-9(5-10(15)11(16)17)21(18,19)14-12-13-8(2)7-20-12/h5-7H,3-4H2,1-2H3,(H,13,14)(H,16,17). The number of nitrogens with zero attached hydrogens (tertiary/aromatic N) is 2. The Hall–Kier alpha value is -2.29. The quantitative estimate of drug-likeness (QED) is 0.838. The van der Waals surface area contributed by atoms with E-state index in [0.29, 0.717) is 18.7 Å². The molecule has 9 heteroatoms. The molecule has 0 atom stereocenters. The smallest absolute Gasteiger partial charge is 0.352 e. The monoisotopic (exact) mass is 313 g/mol. The molecule has 2 aromatic heterocycles. The van der Waals surface area contributed by atoms with Crippen molar-refractivity contribution < 1.29 is 22.7 Å². The van der Waals surface area contributed by atoms with E-state index in [2.05, 4.69) is 9.71 Å². The second-order valence-corrected chi connectivity index (χ2v) is 6.14. The molecule has 0 saturated carbocycles. The van der Waals surface area contributed by atoms with Gasteiger partial charge in [0.15, 0.2) is 0 Å². The van der Waals surface area contributed by atoms with E-state index in [9.17, 15) is 13.2 Å². The summed E-state index contributed by atoms with van der Waals surface area (Å²) in [4.78, 5) is 14.8. The summed E-state index contributed by atoms with van der Waals surface area (Å²) in [5.74, 6) is -1.18. The highest BCUT2D eigenvalue weighted by molar-refractivity contribution is 7.92. The molecule has 0 aliphatic rings. The molecule has 0 radical (unpaired) electrons. The van der Waals surface area contributed by atoms with Crippen molar-refractivity contribution in [1.29, 1.82) is 0 Å². The number of carbonyl (C=O) groups is 1. The van der Waals surface area contributed by atoms with Crippen molar-refractivity contribution in [2.75, 3.05) is 4.72 Å². The van der Waals surface area contributed by atoms with E-state index in [1.807, 2.05) is 6.92 Å². The number of hydrogen-bond donors (Lipinski definition) is 2. The van der Waals surface area contributed by atoms with Gasteiger partial charge in [0.25, 0.3) is 10.0 Å². The first-order valence-corrected chi connectivity index (χ1v) is 7.70. The third-order valence-corrected chi connectivity index (χ3v) is 3.99. The number of anilines is 1. The van der Waals surface area contributed by atoms with E-state index in [4.69, 9.17) is 9.52 Å². The molecule has 0 spiro atoms. The number of hydrogen-bond acceptors (Lipinski definition) is 5. The molecule has 0 bridgehead atoms. The first kappa shape index (κ1) is 15.1. The number of carboxylic acid groups (broad SMARTS) is 1. The Bertz CT molecular complexity index is 760. The van der Waals surface area contributed by atoms with Crippen LogP contribution >= 0.6 is 0 Å². The molecular weight excluding hydrogens is 298 g/mol. The van der Waals surface area contributed by atoms with Crippen molar-refractivity contribution >= 4 is 22.0 Å².